The lowest BCUT2D eigenvalue weighted by molar-refractivity contribution is -0.136. The van der Waals surface area contributed by atoms with Crippen molar-refractivity contribution >= 4 is 40.1 Å². The quantitative estimate of drug-likeness (QED) is 0.905. The fourth-order valence-corrected chi connectivity index (χ4v) is 4.11. The van der Waals surface area contributed by atoms with Crippen LogP contribution in [-0.4, -0.2) is 27.7 Å². The molecular formula is C14H12N2O3S2. The molecule has 0 radical (unpaired) electrons. The van der Waals surface area contributed by atoms with E-state index in [1.165, 1.54) is 11.3 Å². The highest BCUT2D eigenvalue weighted by Crippen LogP contribution is 2.39. The monoisotopic (exact) mass is 320 g/mol. The summed E-state index contributed by atoms with van der Waals surface area (Å²) in [4.78, 5) is 28.2. The summed E-state index contributed by atoms with van der Waals surface area (Å²) < 4.78 is 0. The van der Waals surface area contributed by atoms with Gasteiger partial charge in [0.25, 0.3) is 0 Å². The fourth-order valence-electron chi connectivity index (χ4n) is 2.17. The molecule has 1 amide bonds. The van der Waals surface area contributed by atoms with E-state index >= 15 is 0 Å². The van der Waals surface area contributed by atoms with Crippen molar-refractivity contribution in [2.24, 2.45) is 0 Å². The second kappa shape index (κ2) is 5.87. The highest BCUT2D eigenvalue weighted by Gasteiger charge is 2.29. The summed E-state index contributed by atoms with van der Waals surface area (Å²) >= 11 is 2.92. The Morgan fingerprint density at radius 2 is 2.19 bits per heavy atom. The molecule has 0 saturated heterocycles. The molecule has 1 unspecified atom stereocenters. The second-order valence-corrected chi connectivity index (χ2v) is 6.53. The van der Waals surface area contributed by atoms with Crippen molar-refractivity contribution in [2.75, 3.05) is 11.1 Å². The molecule has 1 aliphatic heterocycles. The SMILES string of the molecule is O=C(O)Cc1csc(NC(=O)C2CSc3ccccc32)n1. The van der Waals surface area contributed by atoms with Crippen LogP contribution in [-0.2, 0) is 16.0 Å². The number of nitrogens with one attached hydrogen (secondary N) is 1. The van der Waals surface area contributed by atoms with Crippen LogP contribution in [0.5, 0.6) is 0 Å². The van der Waals surface area contributed by atoms with Crippen molar-refractivity contribution in [1.82, 2.24) is 4.98 Å². The average molecular weight is 320 g/mol. The van der Waals surface area contributed by atoms with Gasteiger partial charge in [-0.05, 0) is 11.6 Å². The zero-order valence-corrected chi connectivity index (χ0v) is 12.5. The maximum absolute atomic E-state index is 12.3. The van der Waals surface area contributed by atoms with Crippen molar-refractivity contribution in [3.63, 3.8) is 0 Å². The number of rotatable bonds is 4. The number of aromatic nitrogens is 1. The number of carboxylic acid groups (broad SMARTS) is 1. The lowest BCUT2D eigenvalue weighted by Gasteiger charge is -2.09. The number of carboxylic acids is 1. The van der Waals surface area contributed by atoms with Gasteiger partial charge < -0.3 is 10.4 Å². The molecule has 2 N–H and O–H groups in total. The molecule has 0 saturated carbocycles. The number of thiazole rings is 1. The van der Waals surface area contributed by atoms with E-state index in [0.717, 1.165) is 16.2 Å². The summed E-state index contributed by atoms with van der Waals surface area (Å²) in [5.41, 5.74) is 1.51. The van der Waals surface area contributed by atoms with Gasteiger partial charge in [-0.25, -0.2) is 4.98 Å². The highest BCUT2D eigenvalue weighted by molar-refractivity contribution is 7.99. The van der Waals surface area contributed by atoms with E-state index in [9.17, 15) is 9.59 Å². The minimum absolute atomic E-state index is 0.0938. The first-order valence-corrected chi connectivity index (χ1v) is 8.19. The second-order valence-electron chi connectivity index (χ2n) is 4.61. The van der Waals surface area contributed by atoms with Gasteiger partial charge in [0.1, 0.15) is 0 Å². The van der Waals surface area contributed by atoms with Crippen molar-refractivity contribution in [3.05, 3.63) is 40.9 Å². The summed E-state index contributed by atoms with van der Waals surface area (Å²) in [5, 5.41) is 13.6. The first-order valence-electron chi connectivity index (χ1n) is 6.32. The van der Waals surface area contributed by atoms with E-state index in [2.05, 4.69) is 10.3 Å². The van der Waals surface area contributed by atoms with Crippen LogP contribution in [0.15, 0.2) is 34.5 Å². The van der Waals surface area contributed by atoms with Gasteiger partial charge >= 0.3 is 5.97 Å². The Labute approximate surface area is 129 Å². The van der Waals surface area contributed by atoms with Gasteiger partial charge in [0.05, 0.1) is 18.0 Å². The molecule has 1 aromatic heterocycles. The molecule has 2 aromatic rings. The molecule has 3 rings (SSSR count). The zero-order valence-electron chi connectivity index (χ0n) is 10.9. The van der Waals surface area contributed by atoms with Crippen LogP contribution in [0, 0.1) is 0 Å². The number of amides is 1. The van der Waals surface area contributed by atoms with Gasteiger partial charge in [-0.1, -0.05) is 18.2 Å². The number of benzene rings is 1. The van der Waals surface area contributed by atoms with Crippen LogP contribution in [0.2, 0.25) is 0 Å². The molecule has 1 aromatic carbocycles. The molecule has 1 aliphatic rings. The van der Waals surface area contributed by atoms with Crippen LogP contribution in [0.4, 0.5) is 5.13 Å². The molecule has 0 aliphatic carbocycles. The minimum atomic E-state index is -0.931. The van der Waals surface area contributed by atoms with E-state index in [1.54, 1.807) is 17.1 Å². The Hall–Kier alpha value is -1.86. The van der Waals surface area contributed by atoms with Crippen LogP contribution in [0.3, 0.4) is 0 Å². The summed E-state index contributed by atoms with van der Waals surface area (Å²) in [6, 6.07) is 7.88. The molecule has 1 atom stereocenters. The van der Waals surface area contributed by atoms with Gasteiger partial charge in [0.15, 0.2) is 5.13 Å². The van der Waals surface area contributed by atoms with Crippen LogP contribution >= 0.6 is 23.1 Å². The number of hydrogen-bond acceptors (Lipinski definition) is 5. The number of carbonyl (C=O) groups excluding carboxylic acids is 1. The van der Waals surface area contributed by atoms with Crippen LogP contribution in [0.1, 0.15) is 17.2 Å². The standard InChI is InChI=1S/C14H12N2O3S2/c17-12(18)5-8-6-21-14(15-8)16-13(19)10-7-20-11-4-2-1-3-9(10)11/h1-4,6,10H,5,7H2,(H,17,18)(H,15,16,19). The van der Waals surface area contributed by atoms with E-state index in [0.29, 0.717) is 10.8 Å². The Bertz CT molecular complexity index is 699. The number of hydrogen-bond donors (Lipinski definition) is 2. The van der Waals surface area contributed by atoms with Gasteiger partial charge in [-0.15, -0.1) is 23.1 Å². The van der Waals surface area contributed by atoms with E-state index in [4.69, 9.17) is 5.11 Å². The first-order chi connectivity index (χ1) is 10.1. The number of thioether (sulfide) groups is 1. The van der Waals surface area contributed by atoms with Crippen LogP contribution < -0.4 is 5.32 Å². The highest BCUT2D eigenvalue weighted by atomic mass is 32.2. The lowest BCUT2D eigenvalue weighted by atomic mass is 10.0. The lowest BCUT2D eigenvalue weighted by Crippen LogP contribution is -2.21. The average Bonchev–Trinajstić information content (AvgIpc) is 3.04. The number of nitrogens with zero attached hydrogens (tertiary/aromatic N) is 1. The molecule has 0 fully saturated rings. The first kappa shape index (κ1) is 14.1. The van der Waals surface area contributed by atoms with Crippen molar-refractivity contribution in [1.29, 1.82) is 0 Å². The smallest absolute Gasteiger partial charge is 0.309 e. The van der Waals surface area contributed by atoms with E-state index in [-0.39, 0.29) is 18.2 Å². The molecule has 0 bridgehead atoms. The zero-order chi connectivity index (χ0) is 14.8. The number of fused-ring (bicyclic) bond motifs is 1. The maximum atomic E-state index is 12.3. The van der Waals surface area contributed by atoms with Gasteiger partial charge in [0.2, 0.25) is 5.91 Å². The molecule has 108 valence electrons. The largest absolute Gasteiger partial charge is 0.481 e. The van der Waals surface area contributed by atoms with E-state index < -0.39 is 5.97 Å². The summed E-state index contributed by atoms with van der Waals surface area (Å²) in [6.45, 7) is 0. The molecule has 5 nitrogen and oxygen atoms in total. The van der Waals surface area contributed by atoms with Crippen molar-refractivity contribution < 1.29 is 14.7 Å². The Morgan fingerprint density at radius 3 is 3.00 bits per heavy atom. The summed E-state index contributed by atoms with van der Waals surface area (Å²) in [7, 11) is 0. The topological polar surface area (TPSA) is 79.3 Å². The predicted molar refractivity (Wildman–Crippen MR) is 82.0 cm³/mol. The molecule has 2 heterocycles. The van der Waals surface area contributed by atoms with Gasteiger partial charge in [0, 0.05) is 16.0 Å². The third kappa shape index (κ3) is 3.08. The summed E-state index contributed by atoms with van der Waals surface area (Å²) in [6.07, 6.45) is -0.130. The number of carbonyl (C=O) groups is 2. The maximum Gasteiger partial charge on any atom is 0.309 e. The number of aliphatic carboxylic acids is 1. The Kier molecular flexibility index (Phi) is 3.94. The minimum Gasteiger partial charge on any atom is -0.481 e. The van der Waals surface area contributed by atoms with E-state index in [1.807, 2.05) is 24.3 Å². The van der Waals surface area contributed by atoms with Crippen LogP contribution in [0.25, 0.3) is 0 Å². The fraction of sp³-hybridized carbons (Fsp3) is 0.214. The predicted octanol–water partition coefficient (Wildman–Crippen LogP) is 2.60. The molecule has 7 heteroatoms. The van der Waals surface area contributed by atoms with Gasteiger partial charge in [-0.2, -0.15) is 0 Å². The summed E-state index contributed by atoms with van der Waals surface area (Å²) in [5.74, 6) is -0.487. The normalized spacial score (nSPS) is 16.5. The third-order valence-corrected chi connectivity index (χ3v) is 5.12. The van der Waals surface area contributed by atoms with Crippen molar-refractivity contribution in [2.45, 2.75) is 17.2 Å². The van der Waals surface area contributed by atoms with Gasteiger partial charge in [-0.3, -0.25) is 9.59 Å². The number of anilines is 1. The third-order valence-electron chi connectivity index (χ3n) is 3.13. The van der Waals surface area contributed by atoms with Crippen molar-refractivity contribution in [3.8, 4) is 0 Å². The Balaban J connectivity index is 1.70. The molecule has 21 heavy (non-hydrogen) atoms. The Morgan fingerprint density at radius 1 is 1.38 bits per heavy atom. The molecule has 0 spiro atoms. The molecular weight excluding hydrogens is 308 g/mol.